The number of rotatable bonds is 1. The first kappa shape index (κ1) is 9.45. The fourth-order valence-electron chi connectivity index (χ4n) is 1.39. The molecule has 0 bridgehead atoms. The number of para-hydroxylation sites is 1. The zero-order valence-electron chi connectivity index (χ0n) is 8.32. The van der Waals surface area contributed by atoms with Gasteiger partial charge in [-0.05, 0) is 24.6 Å². The molecule has 0 aliphatic carbocycles. The van der Waals surface area contributed by atoms with E-state index >= 15 is 0 Å². The van der Waals surface area contributed by atoms with Crippen LogP contribution in [0.2, 0.25) is 0 Å². The summed E-state index contributed by atoms with van der Waals surface area (Å²) in [6, 6.07) is 7.39. The summed E-state index contributed by atoms with van der Waals surface area (Å²) in [5.41, 5.74) is 10.9. The van der Waals surface area contributed by atoms with Gasteiger partial charge in [-0.15, -0.1) is 0 Å². The van der Waals surface area contributed by atoms with E-state index in [1.807, 2.05) is 18.2 Å². The van der Waals surface area contributed by atoms with Crippen LogP contribution in [0.5, 0.6) is 0 Å². The van der Waals surface area contributed by atoms with Crippen LogP contribution in [0.1, 0.15) is 12.5 Å². The standard InChI is InChI=1S/C11H11N3O/c1-7-9(11(15)14-13-7)6-8-4-2-3-5-10(8)12/h2-6H,12H2,1H3,(H,14,15)/b9-6+. The predicted octanol–water partition coefficient (Wildman–Crippen LogP) is 1.16. The maximum absolute atomic E-state index is 11.4. The lowest BCUT2D eigenvalue weighted by molar-refractivity contribution is -0.116. The molecule has 1 aliphatic heterocycles. The molecule has 0 saturated heterocycles. The summed E-state index contributed by atoms with van der Waals surface area (Å²) in [5, 5.41) is 3.83. The summed E-state index contributed by atoms with van der Waals surface area (Å²) >= 11 is 0. The maximum atomic E-state index is 11.4. The zero-order valence-corrected chi connectivity index (χ0v) is 8.32. The third kappa shape index (κ3) is 1.74. The van der Waals surface area contributed by atoms with Crippen molar-refractivity contribution in [3.05, 3.63) is 35.4 Å². The summed E-state index contributed by atoms with van der Waals surface area (Å²) in [5.74, 6) is -0.184. The Labute approximate surface area is 87.5 Å². The van der Waals surface area contributed by atoms with Crippen LogP contribution in [0.25, 0.3) is 6.08 Å². The number of benzene rings is 1. The van der Waals surface area contributed by atoms with Crippen molar-refractivity contribution in [1.82, 2.24) is 5.43 Å². The van der Waals surface area contributed by atoms with Gasteiger partial charge < -0.3 is 5.73 Å². The molecule has 15 heavy (non-hydrogen) atoms. The molecular formula is C11H11N3O. The second-order valence-corrected chi connectivity index (χ2v) is 3.33. The van der Waals surface area contributed by atoms with Crippen molar-refractivity contribution in [2.45, 2.75) is 6.92 Å². The van der Waals surface area contributed by atoms with Crippen molar-refractivity contribution in [3.8, 4) is 0 Å². The normalized spacial score (nSPS) is 17.8. The molecule has 4 nitrogen and oxygen atoms in total. The number of nitrogens with zero attached hydrogens (tertiary/aromatic N) is 1. The summed E-state index contributed by atoms with van der Waals surface area (Å²) in [6.07, 6.45) is 1.75. The average molecular weight is 201 g/mol. The van der Waals surface area contributed by atoms with E-state index in [1.54, 1.807) is 19.1 Å². The molecule has 2 rings (SSSR count). The number of hydrazone groups is 1. The minimum absolute atomic E-state index is 0.184. The van der Waals surface area contributed by atoms with Crippen LogP contribution in [0, 0.1) is 0 Å². The largest absolute Gasteiger partial charge is 0.398 e. The van der Waals surface area contributed by atoms with Gasteiger partial charge >= 0.3 is 0 Å². The maximum Gasteiger partial charge on any atom is 0.273 e. The molecule has 0 unspecified atom stereocenters. The van der Waals surface area contributed by atoms with Crippen LogP contribution in [0.3, 0.4) is 0 Å². The third-order valence-electron chi connectivity index (χ3n) is 2.26. The van der Waals surface area contributed by atoms with Crippen molar-refractivity contribution in [2.75, 3.05) is 5.73 Å². The highest BCUT2D eigenvalue weighted by molar-refractivity contribution is 6.26. The monoisotopic (exact) mass is 201 g/mol. The van der Waals surface area contributed by atoms with Crippen LogP contribution in [-0.2, 0) is 4.79 Å². The van der Waals surface area contributed by atoms with Gasteiger partial charge in [-0.2, -0.15) is 5.10 Å². The van der Waals surface area contributed by atoms with Crippen molar-refractivity contribution in [1.29, 1.82) is 0 Å². The first-order valence-electron chi connectivity index (χ1n) is 4.59. The zero-order chi connectivity index (χ0) is 10.8. The molecule has 4 heteroatoms. The second kappa shape index (κ2) is 3.57. The number of amides is 1. The topological polar surface area (TPSA) is 67.5 Å². The molecule has 3 N–H and O–H groups in total. The smallest absolute Gasteiger partial charge is 0.273 e. The summed E-state index contributed by atoms with van der Waals surface area (Å²) in [7, 11) is 0. The minimum Gasteiger partial charge on any atom is -0.398 e. The van der Waals surface area contributed by atoms with Gasteiger partial charge in [0.15, 0.2) is 0 Å². The first-order valence-corrected chi connectivity index (χ1v) is 4.59. The highest BCUT2D eigenvalue weighted by Gasteiger charge is 2.18. The van der Waals surface area contributed by atoms with Crippen LogP contribution >= 0.6 is 0 Å². The van der Waals surface area contributed by atoms with E-state index in [0.717, 1.165) is 5.56 Å². The van der Waals surface area contributed by atoms with E-state index in [1.165, 1.54) is 0 Å². The fraction of sp³-hybridized carbons (Fsp3) is 0.0909. The molecular weight excluding hydrogens is 190 g/mol. The van der Waals surface area contributed by atoms with Crippen LogP contribution < -0.4 is 11.2 Å². The Hall–Kier alpha value is -2.10. The van der Waals surface area contributed by atoms with E-state index in [-0.39, 0.29) is 5.91 Å². The van der Waals surface area contributed by atoms with Crippen LogP contribution in [0.15, 0.2) is 34.9 Å². The second-order valence-electron chi connectivity index (χ2n) is 3.33. The summed E-state index contributed by atoms with van der Waals surface area (Å²) < 4.78 is 0. The molecule has 76 valence electrons. The SMILES string of the molecule is CC1=NNC(=O)/C1=C/c1ccccc1N. The van der Waals surface area contributed by atoms with E-state index in [9.17, 15) is 4.79 Å². The lowest BCUT2D eigenvalue weighted by atomic mass is 10.1. The summed E-state index contributed by atoms with van der Waals surface area (Å²) in [4.78, 5) is 11.4. The lowest BCUT2D eigenvalue weighted by Crippen LogP contribution is -2.12. The van der Waals surface area contributed by atoms with Crippen molar-refractivity contribution in [2.24, 2.45) is 5.10 Å². The molecule has 1 aliphatic rings. The molecule has 0 atom stereocenters. The number of carbonyl (C=O) groups excluding carboxylic acids is 1. The van der Waals surface area contributed by atoms with Gasteiger partial charge in [0.1, 0.15) is 0 Å². The predicted molar refractivity (Wildman–Crippen MR) is 60.1 cm³/mol. The van der Waals surface area contributed by atoms with Gasteiger partial charge in [-0.1, -0.05) is 18.2 Å². The van der Waals surface area contributed by atoms with Gasteiger partial charge in [-0.25, -0.2) is 5.43 Å². The van der Waals surface area contributed by atoms with Gasteiger partial charge in [-0.3, -0.25) is 4.79 Å². The minimum atomic E-state index is -0.184. The Kier molecular flexibility index (Phi) is 2.25. The number of hydrogen-bond donors (Lipinski definition) is 2. The first-order chi connectivity index (χ1) is 7.18. The number of carbonyl (C=O) groups is 1. The summed E-state index contributed by atoms with van der Waals surface area (Å²) in [6.45, 7) is 1.78. The van der Waals surface area contributed by atoms with Crippen molar-refractivity contribution < 1.29 is 4.79 Å². The molecule has 1 aromatic rings. The molecule has 0 fully saturated rings. The Morgan fingerprint density at radius 1 is 1.40 bits per heavy atom. The van der Waals surface area contributed by atoms with Gasteiger partial charge in [0.05, 0.1) is 11.3 Å². The number of nitrogens with two attached hydrogens (primary N) is 1. The number of anilines is 1. The van der Waals surface area contributed by atoms with E-state index in [4.69, 9.17) is 5.73 Å². The van der Waals surface area contributed by atoms with Gasteiger partial charge in [0, 0.05) is 5.69 Å². The fourth-order valence-corrected chi connectivity index (χ4v) is 1.39. The van der Waals surface area contributed by atoms with E-state index < -0.39 is 0 Å². The van der Waals surface area contributed by atoms with Gasteiger partial charge in [0.25, 0.3) is 5.91 Å². The van der Waals surface area contributed by atoms with Gasteiger partial charge in [0.2, 0.25) is 0 Å². The lowest BCUT2D eigenvalue weighted by Gasteiger charge is -2.00. The molecule has 1 aromatic carbocycles. The molecule has 0 saturated carbocycles. The Morgan fingerprint density at radius 2 is 2.13 bits per heavy atom. The number of nitrogens with one attached hydrogen (secondary N) is 1. The Balaban J connectivity index is 2.43. The Morgan fingerprint density at radius 3 is 2.73 bits per heavy atom. The number of nitrogen functional groups attached to an aromatic ring is 1. The number of hydrogen-bond acceptors (Lipinski definition) is 3. The molecule has 0 radical (unpaired) electrons. The van der Waals surface area contributed by atoms with E-state index in [2.05, 4.69) is 10.5 Å². The Bertz CT molecular complexity index is 474. The van der Waals surface area contributed by atoms with E-state index in [0.29, 0.717) is 17.0 Å². The molecule has 1 amide bonds. The third-order valence-corrected chi connectivity index (χ3v) is 2.26. The van der Waals surface area contributed by atoms with Crippen LogP contribution in [0.4, 0.5) is 5.69 Å². The van der Waals surface area contributed by atoms with Crippen molar-refractivity contribution in [3.63, 3.8) is 0 Å². The molecule has 1 heterocycles. The molecule has 0 spiro atoms. The quantitative estimate of drug-likeness (QED) is 0.528. The average Bonchev–Trinajstić information content (AvgIpc) is 2.53. The van der Waals surface area contributed by atoms with Crippen molar-refractivity contribution >= 4 is 23.4 Å². The molecule has 0 aromatic heterocycles. The highest BCUT2D eigenvalue weighted by Crippen LogP contribution is 2.17. The van der Waals surface area contributed by atoms with Crippen LogP contribution in [-0.4, -0.2) is 11.6 Å². The highest BCUT2D eigenvalue weighted by atomic mass is 16.2.